The van der Waals surface area contributed by atoms with Gasteiger partial charge in [-0.05, 0) is 19.1 Å². The van der Waals surface area contributed by atoms with E-state index in [9.17, 15) is 13.2 Å². The summed E-state index contributed by atoms with van der Waals surface area (Å²) in [7, 11) is 0. The molecule has 0 saturated heterocycles. The molecule has 0 aliphatic carbocycles. The SMILES string of the molecule is Cc1noc(-c2cc(F)c(F)c(F)c2)n1. The number of halogens is 3. The summed E-state index contributed by atoms with van der Waals surface area (Å²) >= 11 is 0. The Hall–Kier alpha value is -1.85. The van der Waals surface area contributed by atoms with Gasteiger partial charge < -0.3 is 4.52 Å². The summed E-state index contributed by atoms with van der Waals surface area (Å²) in [5.41, 5.74) is 0.00648. The highest BCUT2D eigenvalue weighted by Crippen LogP contribution is 2.21. The van der Waals surface area contributed by atoms with Crippen LogP contribution in [0.1, 0.15) is 5.82 Å². The number of benzene rings is 1. The first kappa shape index (κ1) is 9.70. The molecule has 1 heterocycles. The summed E-state index contributed by atoms with van der Waals surface area (Å²) in [6.07, 6.45) is 0. The van der Waals surface area contributed by atoms with Crippen molar-refractivity contribution in [3.05, 3.63) is 35.4 Å². The Bertz CT molecular complexity index is 487. The highest BCUT2D eigenvalue weighted by molar-refractivity contribution is 5.52. The van der Waals surface area contributed by atoms with Crippen molar-refractivity contribution in [3.63, 3.8) is 0 Å². The fraction of sp³-hybridized carbons (Fsp3) is 0.111. The molecule has 1 aromatic carbocycles. The minimum absolute atomic E-state index is 0.00648. The Kier molecular flexibility index (Phi) is 2.18. The van der Waals surface area contributed by atoms with E-state index in [1.165, 1.54) is 0 Å². The van der Waals surface area contributed by atoms with Gasteiger partial charge in [0.25, 0.3) is 5.89 Å². The van der Waals surface area contributed by atoms with Crippen LogP contribution in [0.15, 0.2) is 16.7 Å². The Morgan fingerprint density at radius 1 is 1.13 bits per heavy atom. The van der Waals surface area contributed by atoms with E-state index in [1.54, 1.807) is 6.92 Å². The second kappa shape index (κ2) is 3.38. The number of hydrogen-bond donors (Lipinski definition) is 0. The zero-order valence-electron chi connectivity index (χ0n) is 7.59. The molecule has 0 aliphatic heterocycles. The van der Waals surface area contributed by atoms with Crippen LogP contribution in [0.2, 0.25) is 0 Å². The van der Waals surface area contributed by atoms with Gasteiger partial charge in [0.15, 0.2) is 23.3 Å². The first-order valence-corrected chi connectivity index (χ1v) is 4.03. The van der Waals surface area contributed by atoms with Crippen molar-refractivity contribution in [2.24, 2.45) is 0 Å². The van der Waals surface area contributed by atoms with E-state index in [0.717, 1.165) is 12.1 Å². The third-order valence-corrected chi connectivity index (χ3v) is 1.76. The van der Waals surface area contributed by atoms with E-state index in [4.69, 9.17) is 0 Å². The van der Waals surface area contributed by atoms with E-state index in [0.29, 0.717) is 5.82 Å². The van der Waals surface area contributed by atoms with Crippen LogP contribution in [-0.4, -0.2) is 10.1 Å². The van der Waals surface area contributed by atoms with Crippen molar-refractivity contribution in [2.45, 2.75) is 6.92 Å². The summed E-state index contributed by atoms with van der Waals surface area (Å²) in [4.78, 5) is 3.76. The average molecular weight is 214 g/mol. The van der Waals surface area contributed by atoms with Crippen molar-refractivity contribution in [3.8, 4) is 11.5 Å². The summed E-state index contributed by atoms with van der Waals surface area (Å²) in [5.74, 6) is -3.82. The van der Waals surface area contributed by atoms with Crippen LogP contribution in [0.3, 0.4) is 0 Å². The van der Waals surface area contributed by atoms with Crippen LogP contribution in [-0.2, 0) is 0 Å². The lowest BCUT2D eigenvalue weighted by Crippen LogP contribution is -1.91. The molecule has 0 bridgehead atoms. The fourth-order valence-electron chi connectivity index (χ4n) is 1.09. The van der Waals surface area contributed by atoms with Crippen molar-refractivity contribution in [1.29, 1.82) is 0 Å². The summed E-state index contributed by atoms with van der Waals surface area (Å²) in [6.45, 7) is 1.56. The van der Waals surface area contributed by atoms with Gasteiger partial charge in [-0.15, -0.1) is 0 Å². The number of aryl methyl sites for hydroxylation is 1. The van der Waals surface area contributed by atoms with E-state index in [1.807, 2.05) is 0 Å². The molecular weight excluding hydrogens is 209 g/mol. The fourth-order valence-corrected chi connectivity index (χ4v) is 1.09. The molecule has 2 aromatic rings. The van der Waals surface area contributed by atoms with E-state index in [-0.39, 0.29) is 11.5 Å². The van der Waals surface area contributed by atoms with Crippen LogP contribution in [0.25, 0.3) is 11.5 Å². The molecule has 0 fully saturated rings. The highest BCUT2D eigenvalue weighted by atomic mass is 19.2. The second-order valence-corrected chi connectivity index (χ2v) is 2.90. The van der Waals surface area contributed by atoms with Gasteiger partial charge >= 0.3 is 0 Å². The first-order chi connectivity index (χ1) is 7.08. The molecular formula is C9H5F3N2O. The van der Waals surface area contributed by atoms with Crippen molar-refractivity contribution < 1.29 is 17.7 Å². The number of aromatic nitrogens is 2. The smallest absolute Gasteiger partial charge is 0.258 e. The van der Waals surface area contributed by atoms with Crippen LogP contribution in [0.5, 0.6) is 0 Å². The van der Waals surface area contributed by atoms with Gasteiger partial charge in [-0.2, -0.15) is 4.98 Å². The van der Waals surface area contributed by atoms with E-state index in [2.05, 4.69) is 14.7 Å². The molecule has 78 valence electrons. The lowest BCUT2D eigenvalue weighted by molar-refractivity contribution is 0.422. The number of rotatable bonds is 1. The summed E-state index contributed by atoms with van der Waals surface area (Å²) in [5, 5.41) is 3.45. The lowest BCUT2D eigenvalue weighted by Gasteiger charge is -1.97. The normalized spacial score (nSPS) is 10.7. The number of nitrogens with zero attached hydrogens (tertiary/aromatic N) is 2. The Labute approximate surface area is 82.5 Å². The van der Waals surface area contributed by atoms with Crippen molar-refractivity contribution in [2.75, 3.05) is 0 Å². The molecule has 15 heavy (non-hydrogen) atoms. The van der Waals surface area contributed by atoms with Crippen molar-refractivity contribution in [1.82, 2.24) is 10.1 Å². The highest BCUT2D eigenvalue weighted by Gasteiger charge is 2.14. The maximum Gasteiger partial charge on any atom is 0.258 e. The molecule has 0 radical (unpaired) electrons. The monoisotopic (exact) mass is 214 g/mol. The molecule has 3 nitrogen and oxygen atoms in total. The minimum Gasteiger partial charge on any atom is -0.334 e. The Morgan fingerprint density at radius 2 is 1.73 bits per heavy atom. The predicted molar refractivity (Wildman–Crippen MR) is 44.3 cm³/mol. The van der Waals surface area contributed by atoms with Gasteiger partial charge in [-0.25, -0.2) is 13.2 Å². The molecule has 0 N–H and O–H groups in total. The second-order valence-electron chi connectivity index (χ2n) is 2.90. The first-order valence-electron chi connectivity index (χ1n) is 4.03. The van der Waals surface area contributed by atoms with E-state index >= 15 is 0 Å². The van der Waals surface area contributed by atoms with Gasteiger partial charge in [0.2, 0.25) is 0 Å². The van der Waals surface area contributed by atoms with Gasteiger partial charge in [-0.1, -0.05) is 5.16 Å². The Morgan fingerprint density at radius 3 is 2.20 bits per heavy atom. The van der Waals surface area contributed by atoms with Gasteiger partial charge in [0.05, 0.1) is 0 Å². The van der Waals surface area contributed by atoms with Crippen LogP contribution >= 0.6 is 0 Å². The zero-order valence-corrected chi connectivity index (χ0v) is 7.59. The molecule has 0 amide bonds. The molecule has 0 saturated carbocycles. The van der Waals surface area contributed by atoms with E-state index < -0.39 is 17.5 Å². The average Bonchev–Trinajstić information content (AvgIpc) is 2.60. The molecule has 0 aliphatic rings. The van der Waals surface area contributed by atoms with Gasteiger partial charge in [0.1, 0.15) is 0 Å². The standard InChI is InChI=1S/C9H5F3N2O/c1-4-13-9(15-14-4)5-2-6(10)8(12)7(11)3-5/h2-3H,1H3. The quantitative estimate of drug-likeness (QED) is 0.684. The number of hydrogen-bond acceptors (Lipinski definition) is 3. The largest absolute Gasteiger partial charge is 0.334 e. The molecule has 6 heteroatoms. The maximum atomic E-state index is 12.8. The molecule has 0 unspecified atom stereocenters. The predicted octanol–water partition coefficient (Wildman–Crippen LogP) is 2.46. The van der Waals surface area contributed by atoms with Gasteiger partial charge in [-0.3, -0.25) is 0 Å². The van der Waals surface area contributed by atoms with Crippen LogP contribution in [0, 0.1) is 24.4 Å². The lowest BCUT2D eigenvalue weighted by atomic mass is 10.2. The van der Waals surface area contributed by atoms with Crippen molar-refractivity contribution >= 4 is 0 Å². The van der Waals surface area contributed by atoms with Crippen LogP contribution in [0.4, 0.5) is 13.2 Å². The topological polar surface area (TPSA) is 38.9 Å². The van der Waals surface area contributed by atoms with Crippen LogP contribution < -0.4 is 0 Å². The third kappa shape index (κ3) is 1.70. The molecule has 0 spiro atoms. The maximum absolute atomic E-state index is 12.8. The molecule has 2 rings (SSSR count). The third-order valence-electron chi connectivity index (χ3n) is 1.76. The van der Waals surface area contributed by atoms with Gasteiger partial charge in [0, 0.05) is 5.56 Å². The summed E-state index contributed by atoms with van der Waals surface area (Å²) in [6, 6.07) is 1.59. The summed E-state index contributed by atoms with van der Waals surface area (Å²) < 4.78 is 43.0. The minimum atomic E-state index is -1.52. The molecule has 0 atom stereocenters. The molecule has 1 aromatic heterocycles. The Balaban J connectivity index is 2.55. The zero-order chi connectivity index (χ0) is 11.0.